The second-order valence-corrected chi connectivity index (χ2v) is 10.1. The second-order valence-electron chi connectivity index (χ2n) is 9.30. The number of benzene rings is 2. The molecule has 9 heteroatoms. The smallest absolute Gasteiger partial charge is 0.157 e. The number of likely N-dealkylation sites (tertiary alicyclic amines) is 1. The minimum absolute atomic E-state index is 0.0622. The standard InChI is InChI=1S/C27H27Cl2FN4O2/c1-16(26-22(28)5-6-23(30)27(26)29)36-25-12-17(2-7-24(25)31)18-14-32-34(15-18)19-8-10-33(11-9-19)20-3-4-21(35)13-20/h2,5-7,12-16,19H,3-4,8-11,31H2,1H3. The van der Waals surface area contributed by atoms with Crippen LogP contribution in [0.2, 0.25) is 10.0 Å². The molecule has 2 aromatic carbocycles. The van der Waals surface area contributed by atoms with Crippen LogP contribution in [0.4, 0.5) is 10.1 Å². The maximum Gasteiger partial charge on any atom is 0.157 e. The molecule has 2 N–H and O–H groups in total. The number of carbonyl (C=O) groups excluding carboxylic acids is 1. The van der Waals surface area contributed by atoms with E-state index in [-0.39, 0.29) is 10.8 Å². The van der Waals surface area contributed by atoms with E-state index in [9.17, 15) is 9.18 Å². The van der Waals surface area contributed by atoms with Crippen LogP contribution in [0.5, 0.6) is 5.75 Å². The quantitative estimate of drug-likeness (QED) is 0.288. The third-order valence-corrected chi connectivity index (χ3v) is 7.65. The largest absolute Gasteiger partial charge is 0.484 e. The van der Waals surface area contributed by atoms with Crippen LogP contribution in [-0.4, -0.2) is 33.6 Å². The molecule has 1 atom stereocenters. The first-order valence-electron chi connectivity index (χ1n) is 12.0. The summed E-state index contributed by atoms with van der Waals surface area (Å²) in [5, 5.41) is 4.89. The van der Waals surface area contributed by atoms with Crippen LogP contribution >= 0.6 is 23.2 Å². The maximum atomic E-state index is 14.0. The van der Waals surface area contributed by atoms with Gasteiger partial charge in [0.1, 0.15) is 17.7 Å². The molecule has 2 aliphatic rings. The number of hydrogen-bond acceptors (Lipinski definition) is 5. The number of nitrogen functional groups attached to an aromatic ring is 1. The number of piperidine rings is 1. The highest BCUT2D eigenvalue weighted by atomic mass is 35.5. The van der Waals surface area contributed by atoms with Gasteiger partial charge in [0.2, 0.25) is 0 Å². The lowest BCUT2D eigenvalue weighted by Gasteiger charge is -2.34. The molecule has 5 rings (SSSR count). The Hall–Kier alpha value is -3.03. The van der Waals surface area contributed by atoms with Gasteiger partial charge in [-0.2, -0.15) is 5.10 Å². The molecule has 0 spiro atoms. The summed E-state index contributed by atoms with van der Waals surface area (Å²) < 4.78 is 22.1. The van der Waals surface area contributed by atoms with Crippen LogP contribution in [0.3, 0.4) is 0 Å². The Labute approximate surface area is 219 Å². The molecule has 0 saturated carbocycles. The zero-order valence-electron chi connectivity index (χ0n) is 19.9. The van der Waals surface area contributed by atoms with Crippen molar-refractivity contribution in [2.75, 3.05) is 18.8 Å². The van der Waals surface area contributed by atoms with Gasteiger partial charge in [0.15, 0.2) is 5.78 Å². The number of halogens is 3. The van der Waals surface area contributed by atoms with Crippen molar-refractivity contribution in [3.8, 4) is 16.9 Å². The number of allylic oxidation sites excluding steroid dienone is 2. The molecule has 1 aliphatic heterocycles. The first-order chi connectivity index (χ1) is 17.3. The fourth-order valence-corrected chi connectivity index (χ4v) is 5.59. The molecule has 6 nitrogen and oxygen atoms in total. The zero-order chi connectivity index (χ0) is 25.4. The van der Waals surface area contributed by atoms with Gasteiger partial charge in [-0.15, -0.1) is 0 Å². The molecular formula is C27H27Cl2FN4O2. The Morgan fingerprint density at radius 1 is 1.14 bits per heavy atom. The molecule has 36 heavy (non-hydrogen) atoms. The van der Waals surface area contributed by atoms with Crippen molar-refractivity contribution in [2.45, 2.75) is 44.8 Å². The SMILES string of the molecule is CC(Oc1cc(-c2cnn(C3CCN(C4=CC(=O)CC4)CC3)c2)ccc1N)c1c(Cl)ccc(F)c1Cl. The molecule has 188 valence electrons. The van der Waals surface area contributed by atoms with Crippen molar-refractivity contribution in [1.29, 1.82) is 0 Å². The van der Waals surface area contributed by atoms with E-state index in [1.54, 1.807) is 19.1 Å². The van der Waals surface area contributed by atoms with E-state index in [1.165, 1.54) is 17.8 Å². The van der Waals surface area contributed by atoms with Crippen LogP contribution in [0, 0.1) is 5.82 Å². The highest BCUT2D eigenvalue weighted by Crippen LogP contribution is 2.38. The van der Waals surface area contributed by atoms with Gasteiger partial charge in [-0.05, 0) is 56.0 Å². The number of anilines is 1. The molecule has 0 bridgehead atoms. The molecule has 0 radical (unpaired) electrons. The highest BCUT2D eigenvalue weighted by molar-refractivity contribution is 6.36. The van der Waals surface area contributed by atoms with E-state index >= 15 is 0 Å². The number of rotatable bonds is 6. The van der Waals surface area contributed by atoms with Crippen molar-refractivity contribution in [3.63, 3.8) is 0 Å². The summed E-state index contributed by atoms with van der Waals surface area (Å²) in [6.45, 7) is 3.59. The first-order valence-corrected chi connectivity index (χ1v) is 12.8. The van der Waals surface area contributed by atoms with Crippen molar-refractivity contribution in [1.82, 2.24) is 14.7 Å². The molecular weight excluding hydrogens is 502 g/mol. The summed E-state index contributed by atoms with van der Waals surface area (Å²) in [7, 11) is 0. The van der Waals surface area contributed by atoms with Crippen molar-refractivity contribution in [2.24, 2.45) is 0 Å². The molecule has 1 aromatic heterocycles. The van der Waals surface area contributed by atoms with Gasteiger partial charge in [0.25, 0.3) is 0 Å². The monoisotopic (exact) mass is 528 g/mol. The van der Waals surface area contributed by atoms with Gasteiger partial charge in [-0.3, -0.25) is 9.48 Å². The van der Waals surface area contributed by atoms with E-state index in [2.05, 4.69) is 10.00 Å². The van der Waals surface area contributed by atoms with Crippen LogP contribution in [-0.2, 0) is 4.79 Å². The Morgan fingerprint density at radius 2 is 1.92 bits per heavy atom. The van der Waals surface area contributed by atoms with Gasteiger partial charge < -0.3 is 15.4 Å². The summed E-state index contributed by atoms with van der Waals surface area (Å²) in [6.07, 6.45) is 8.48. The topological polar surface area (TPSA) is 73.4 Å². The fourth-order valence-electron chi connectivity index (χ4n) is 4.92. The van der Waals surface area contributed by atoms with Gasteiger partial charge >= 0.3 is 0 Å². The van der Waals surface area contributed by atoms with E-state index in [1.807, 2.05) is 29.2 Å². The lowest BCUT2D eigenvalue weighted by atomic mass is 10.0. The summed E-state index contributed by atoms with van der Waals surface area (Å²) >= 11 is 12.4. The number of carbonyl (C=O) groups is 1. The predicted octanol–water partition coefficient (Wildman–Crippen LogP) is 6.60. The summed E-state index contributed by atoms with van der Waals surface area (Å²) in [5.74, 6) is 0.129. The molecule has 3 aromatic rings. The van der Waals surface area contributed by atoms with Crippen LogP contribution in [0.25, 0.3) is 11.1 Å². The highest BCUT2D eigenvalue weighted by Gasteiger charge is 2.25. The van der Waals surface area contributed by atoms with Crippen LogP contribution in [0.15, 0.2) is 54.5 Å². The third-order valence-electron chi connectivity index (χ3n) is 6.94. The number of ether oxygens (including phenoxy) is 1. The van der Waals surface area contributed by atoms with Crippen molar-refractivity contribution in [3.05, 3.63) is 75.9 Å². The first kappa shape index (κ1) is 24.7. The maximum absolute atomic E-state index is 14.0. The number of hydrogen-bond donors (Lipinski definition) is 1. The second kappa shape index (κ2) is 10.1. The van der Waals surface area contributed by atoms with Crippen LogP contribution < -0.4 is 10.5 Å². The number of nitrogens with two attached hydrogens (primary N) is 1. The fraction of sp³-hybridized carbons (Fsp3) is 0.333. The summed E-state index contributed by atoms with van der Waals surface area (Å²) in [5.41, 5.74) is 10.0. The normalized spacial score (nSPS) is 17.4. The molecule has 0 amide bonds. The Kier molecular flexibility index (Phi) is 6.95. The number of ketones is 1. The molecule has 1 aliphatic carbocycles. The van der Waals surface area contributed by atoms with Crippen molar-refractivity contribution >= 4 is 34.7 Å². The van der Waals surface area contributed by atoms with Crippen LogP contribution in [0.1, 0.15) is 50.3 Å². The lowest BCUT2D eigenvalue weighted by molar-refractivity contribution is -0.114. The number of aromatic nitrogens is 2. The molecule has 1 fully saturated rings. The van der Waals surface area contributed by atoms with E-state index < -0.39 is 11.9 Å². The molecule has 2 heterocycles. The van der Waals surface area contributed by atoms with Gasteiger partial charge in [0.05, 0.1) is 22.9 Å². The Bertz CT molecular complexity index is 1330. The average molecular weight is 529 g/mol. The van der Waals surface area contributed by atoms with Crippen molar-refractivity contribution < 1.29 is 13.9 Å². The lowest BCUT2D eigenvalue weighted by Crippen LogP contribution is -2.33. The van der Waals surface area contributed by atoms with Gasteiger partial charge in [0, 0.05) is 53.6 Å². The van der Waals surface area contributed by atoms with E-state index in [0.29, 0.717) is 34.5 Å². The van der Waals surface area contributed by atoms with E-state index in [0.717, 1.165) is 43.5 Å². The third kappa shape index (κ3) is 4.95. The average Bonchev–Trinajstić information content (AvgIpc) is 3.53. The zero-order valence-corrected chi connectivity index (χ0v) is 21.4. The minimum Gasteiger partial charge on any atom is -0.484 e. The van der Waals surface area contributed by atoms with E-state index in [4.69, 9.17) is 33.7 Å². The Balaban J connectivity index is 1.29. The summed E-state index contributed by atoms with van der Waals surface area (Å²) in [6, 6.07) is 8.53. The predicted molar refractivity (Wildman–Crippen MR) is 140 cm³/mol. The Morgan fingerprint density at radius 3 is 2.64 bits per heavy atom. The molecule has 1 saturated heterocycles. The van der Waals surface area contributed by atoms with Gasteiger partial charge in [-0.25, -0.2) is 4.39 Å². The van der Waals surface area contributed by atoms with Gasteiger partial charge in [-0.1, -0.05) is 29.3 Å². The number of nitrogens with zero attached hydrogens (tertiary/aromatic N) is 3. The molecule has 1 unspecified atom stereocenters. The summed E-state index contributed by atoms with van der Waals surface area (Å²) in [4.78, 5) is 13.9. The minimum atomic E-state index is -0.614.